The molecule has 0 fully saturated rings. The Hall–Kier alpha value is -5.36. The van der Waals surface area contributed by atoms with Gasteiger partial charge in [-0.3, -0.25) is 4.98 Å². The first-order valence-corrected chi connectivity index (χ1v) is 14.5. The Morgan fingerprint density at radius 2 is 1.36 bits per heavy atom. The highest BCUT2D eigenvalue weighted by Gasteiger charge is 2.36. The summed E-state index contributed by atoms with van der Waals surface area (Å²) < 4.78 is 45.6. The van der Waals surface area contributed by atoms with Crippen LogP contribution in [0.3, 0.4) is 0 Å². The molecule has 5 aromatic carbocycles. The molecule has 0 atom stereocenters. The Labute approximate surface area is 252 Å². The number of rotatable bonds is 4. The number of pyridine rings is 1. The zero-order chi connectivity index (χ0) is 30.2. The van der Waals surface area contributed by atoms with Crippen molar-refractivity contribution < 1.29 is 13.2 Å². The van der Waals surface area contributed by atoms with Crippen molar-refractivity contribution in [3.8, 4) is 16.8 Å². The lowest BCUT2D eigenvalue weighted by Gasteiger charge is -2.26. The van der Waals surface area contributed by atoms with Gasteiger partial charge in [-0.15, -0.1) is 0 Å². The Morgan fingerprint density at radius 1 is 0.636 bits per heavy atom. The number of hydrogen-bond donors (Lipinski definition) is 0. The van der Waals surface area contributed by atoms with Crippen LogP contribution < -0.4 is 4.90 Å². The van der Waals surface area contributed by atoms with Crippen LogP contribution >= 0.6 is 0 Å². The number of halogens is 3. The molecule has 214 valence electrons. The summed E-state index contributed by atoms with van der Waals surface area (Å²) >= 11 is 0. The lowest BCUT2D eigenvalue weighted by Crippen LogP contribution is -2.14. The molecule has 0 unspecified atom stereocenters. The van der Waals surface area contributed by atoms with Gasteiger partial charge in [-0.1, -0.05) is 56.3 Å². The number of aromatic nitrogens is 2. The first-order valence-electron chi connectivity index (χ1n) is 14.5. The van der Waals surface area contributed by atoms with E-state index < -0.39 is 17.5 Å². The Balaban J connectivity index is 1.32. The van der Waals surface area contributed by atoms with Gasteiger partial charge in [0.05, 0.1) is 22.2 Å². The Morgan fingerprint density at radius 3 is 2.16 bits per heavy atom. The number of benzene rings is 5. The summed E-state index contributed by atoms with van der Waals surface area (Å²) in [6, 6.07) is 36.0. The number of para-hydroxylation sites is 1. The minimum absolute atomic E-state index is 0.0826. The van der Waals surface area contributed by atoms with Crippen LogP contribution in [0.15, 0.2) is 121 Å². The zero-order valence-corrected chi connectivity index (χ0v) is 24.0. The zero-order valence-electron chi connectivity index (χ0n) is 24.0. The molecule has 0 N–H and O–H groups in total. The quantitative estimate of drug-likeness (QED) is 0.193. The maximum Gasteiger partial charge on any atom is 0.196 e. The van der Waals surface area contributed by atoms with Gasteiger partial charge < -0.3 is 9.47 Å². The molecule has 0 saturated heterocycles. The fourth-order valence-electron chi connectivity index (χ4n) is 6.75. The normalized spacial score (nSPS) is 13.3. The van der Waals surface area contributed by atoms with E-state index in [4.69, 9.17) is 4.98 Å². The summed E-state index contributed by atoms with van der Waals surface area (Å²) in [6.07, 6.45) is 1.82. The van der Waals surface area contributed by atoms with Crippen molar-refractivity contribution in [2.75, 3.05) is 4.90 Å². The molecule has 1 aliphatic rings. The van der Waals surface area contributed by atoms with Gasteiger partial charge in [0.25, 0.3) is 0 Å². The highest BCUT2D eigenvalue weighted by atomic mass is 19.2. The number of anilines is 3. The van der Waals surface area contributed by atoms with Gasteiger partial charge in [-0.05, 0) is 95.1 Å². The second kappa shape index (κ2) is 9.58. The minimum atomic E-state index is -1.50. The Kier molecular flexibility index (Phi) is 5.72. The number of nitrogens with zero attached hydrogens (tertiary/aromatic N) is 3. The summed E-state index contributed by atoms with van der Waals surface area (Å²) in [5, 5.41) is 1.07. The van der Waals surface area contributed by atoms with Crippen LogP contribution in [-0.2, 0) is 5.41 Å². The third kappa shape index (κ3) is 3.73. The van der Waals surface area contributed by atoms with E-state index in [9.17, 15) is 8.78 Å². The fraction of sp³-hybridized carbons (Fsp3) is 0.0789. The van der Waals surface area contributed by atoms with E-state index in [1.165, 1.54) is 28.3 Å². The summed E-state index contributed by atoms with van der Waals surface area (Å²) in [7, 11) is 0. The summed E-state index contributed by atoms with van der Waals surface area (Å²) in [5.41, 5.74) is 9.83. The molecule has 2 heterocycles. The molecule has 0 bridgehead atoms. The predicted octanol–water partition coefficient (Wildman–Crippen LogP) is 10.4. The molecular formula is C38H26F3N3. The predicted molar refractivity (Wildman–Crippen MR) is 171 cm³/mol. The van der Waals surface area contributed by atoms with Gasteiger partial charge in [-0.25, -0.2) is 13.2 Å². The standard InChI is InChI=1S/C38H26F3N3/c1-38(2)29-12-7-6-11-26(29)27-22-34-28(21-30(27)38)37-33(13-8-20-42-37)44(34)25-16-14-24(15-17-25)43(23-9-4-3-5-10-23)32-19-18-31(39)35(40)36(32)41/h3-22H,1-2H3. The van der Waals surface area contributed by atoms with E-state index in [0.29, 0.717) is 11.4 Å². The van der Waals surface area contributed by atoms with Crippen molar-refractivity contribution in [1.82, 2.24) is 9.55 Å². The van der Waals surface area contributed by atoms with Crippen LogP contribution in [0.1, 0.15) is 25.0 Å². The largest absolute Gasteiger partial charge is 0.308 e. The highest BCUT2D eigenvalue weighted by Crippen LogP contribution is 2.50. The third-order valence-electron chi connectivity index (χ3n) is 8.86. The molecule has 0 amide bonds. The molecule has 0 aliphatic heterocycles. The SMILES string of the molecule is CC1(C)c2ccccc2-c2cc3c(cc21)c1ncccc1n3-c1ccc(N(c2ccccc2)c2ccc(F)c(F)c2F)cc1. The van der Waals surface area contributed by atoms with Gasteiger partial charge in [0.15, 0.2) is 17.5 Å². The van der Waals surface area contributed by atoms with Crippen molar-refractivity contribution >= 4 is 39.0 Å². The molecule has 2 aromatic heterocycles. The summed E-state index contributed by atoms with van der Waals surface area (Å²) in [5.74, 6) is -3.98. The van der Waals surface area contributed by atoms with Gasteiger partial charge in [0.1, 0.15) is 0 Å². The average molecular weight is 582 g/mol. The van der Waals surface area contributed by atoms with E-state index in [1.807, 2.05) is 54.7 Å². The molecule has 0 radical (unpaired) electrons. The van der Waals surface area contributed by atoms with E-state index in [0.717, 1.165) is 33.7 Å². The minimum Gasteiger partial charge on any atom is -0.308 e. The first kappa shape index (κ1) is 26.3. The van der Waals surface area contributed by atoms with Crippen LogP contribution in [0.4, 0.5) is 30.2 Å². The van der Waals surface area contributed by atoms with Crippen molar-refractivity contribution in [1.29, 1.82) is 0 Å². The van der Waals surface area contributed by atoms with E-state index in [-0.39, 0.29) is 11.1 Å². The van der Waals surface area contributed by atoms with E-state index in [2.05, 4.69) is 60.9 Å². The number of fused-ring (bicyclic) bond motifs is 6. The van der Waals surface area contributed by atoms with Crippen LogP contribution in [0.5, 0.6) is 0 Å². The Bertz CT molecular complexity index is 2240. The van der Waals surface area contributed by atoms with E-state index in [1.54, 1.807) is 17.0 Å². The maximum absolute atomic E-state index is 15.1. The molecule has 8 rings (SSSR count). The van der Waals surface area contributed by atoms with Crippen LogP contribution in [0, 0.1) is 17.5 Å². The maximum atomic E-state index is 15.1. The smallest absolute Gasteiger partial charge is 0.196 e. The van der Waals surface area contributed by atoms with Crippen LogP contribution in [0.25, 0.3) is 38.8 Å². The molecule has 6 heteroatoms. The van der Waals surface area contributed by atoms with Crippen molar-refractivity contribution in [3.05, 3.63) is 150 Å². The van der Waals surface area contributed by atoms with Crippen LogP contribution in [0.2, 0.25) is 0 Å². The van der Waals surface area contributed by atoms with Crippen molar-refractivity contribution in [2.45, 2.75) is 19.3 Å². The van der Waals surface area contributed by atoms with Crippen molar-refractivity contribution in [2.24, 2.45) is 0 Å². The lowest BCUT2D eigenvalue weighted by molar-refractivity contribution is 0.448. The highest BCUT2D eigenvalue weighted by molar-refractivity contribution is 6.09. The molecule has 0 saturated carbocycles. The van der Waals surface area contributed by atoms with E-state index >= 15 is 4.39 Å². The lowest BCUT2D eigenvalue weighted by atomic mass is 9.82. The monoisotopic (exact) mass is 581 g/mol. The second-order valence-electron chi connectivity index (χ2n) is 11.7. The molecular weight excluding hydrogens is 555 g/mol. The van der Waals surface area contributed by atoms with Gasteiger partial charge in [0, 0.05) is 34.1 Å². The molecule has 44 heavy (non-hydrogen) atoms. The topological polar surface area (TPSA) is 21.1 Å². The molecule has 0 spiro atoms. The number of hydrogen-bond acceptors (Lipinski definition) is 2. The van der Waals surface area contributed by atoms with Gasteiger partial charge >= 0.3 is 0 Å². The first-order chi connectivity index (χ1) is 21.3. The van der Waals surface area contributed by atoms with Crippen molar-refractivity contribution in [3.63, 3.8) is 0 Å². The molecule has 1 aliphatic carbocycles. The van der Waals surface area contributed by atoms with Gasteiger partial charge in [-0.2, -0.15) is 0 Å². The third-order valence-corrected chi connectivity index (χ3v) is 8.86. The summed E-state index contributed by atoms with van der Waals surface area (Å²) in [4.78, 5) is 6.38. The molecule has 7 aromatic rings. The molecule has 3 nitrogen and oxygen atoms in total. The second-order valence-corrected chi connectivity index (χ2v) is 11.7. The van der Waals surface area contributed by atoms with Crippen LogP contribution in [-0.4, -0.2) is 9.55 Å². The summed E-state index contributed by atoms with van der Waals surface area (Å²) in [6.45, 7) is 4.53. The fourth-order valence-corrected chi connectivity index (χ4v) is 6.75. The van der Waals surface area contributed by atoms with Gasteiger partial charge in [0.2, 0.25) is 0 Å². The average Bonchev–Trinajstić information content (AvgIpc) is 3.49.